The molecule has 1 atom stereocenters. The van der Waals surface area contributed by atoms with Crippen molar-refractivity contribution in [2.24, 2.45) is 0 Å². The third-order valence-corrected chi connectivity index (χ3v) is 2.92. The Morgan fingerprint density at radius 2 is 2.50 bits per heavy atom. The van der Waals surface area contributed by atoms with Crippen molar-refractivity contribution in [2.45, 2.75) is 31.7 Å². The van der Waals surface area contributed by atoms with Gasteiger partial charge in [-0.2, -0.15) is 0 Å². The minimum atomic E-state index is -0.760. The second-order valence-electron chi connectivity index (χ2n) is 4.09. The number of aliphatic carboxylic acids is 1. The number of nitrogens with zero attached hydrogens (tertiary/aromatic N) is 1. The summed E-state index contributed by atoms with van der Waals surface area (Å²) < 4.78 is 0. The molecule has 2 rings (SSSR count). The largest absolute Gasteiger partial charge is 0.481 e. The van der Waals surface area contributed by atoms with Gasteiger partial charge < -0.3 is 10.4 Å². The second kappa shape index (κ2) is 5.07. The van der Waals surface area contributed by atoms with Crippen LogP contribution in [-0.4, -0.2) is 22.6 Å². The van der Waals surface area contributed by atoms with Crippen LogP contribution in [0.5, 0.6) is 0 Å². The molecule has 4 heteroatoms. The third kappa shape index (κ3) is 2.58. The van der Waals surface area contributed by atoms with Crippen LogP contribution in [0.4, 0.5) is 0 Å². The summed E-state index contributed by atoms with van der Waals surface area (Å²) in [6, 6.07) is 4.29. The highest BCUT2D eigenvalue weighted by Gasteiger charge is 2.20. The van der Waals surface area contributed by atoms with Gasteiger partial charge in [0.2, 0.25) is 0 Å². The van der Waals surface area contributed by atoms with Gasteiger partial charge in [0.1, 0.15) is 0 Å². The van der Waals surface area contributed by atoms with Crippen molar-refractivity contribution in [3.8, 4) is 0 Å². The SMILES string of the molecule is O=C(O)CCNC1CCCc2cccnc21. The van der Waals surface area contributed by atoms with Crippen LogP contribution in [0.2, 0.25) is 0 Å². The van der Waals surface area contributed by atoms with E-state index in [1.54, 1.807) is 6.20 Å². The molecule has 0 fully saturated rings. The Kier molecular flexibility index (Phi) is 3.51. The van der Waals surface area contributed by atoms with Crippen molar-refractivity contribution in [1.29, 1.82) is 0 Å². The number of hydrogen-bond donors (Lipinski definition) is 2. The molecule has 1 unspecified atom stereocenters. The lowest BCUT2D eigenvalue weighted by Crippen LogP contribution is -2.28. The minimum Gasteiger partial charge on any atom is -0.481 e. The van der Waals surface area contributed by atoms with E-state index in [0.717, 1.165) is 25.0 Å². The Bertz CT molecular complexity index is 379. The monoisotopic (exact) mass is 220 g/mol. The first kappa shape index (κ1) is 11.1. The van der Waals surface area contributed by atoms with Gasteiger partial charge in [0.05, 0.1) is 12.1 Å². The molecule has 16 heavy (non-hydrogen) atoms. The number of fused-ring (bicyclic) bond motifs is 1. The summed E-state index contributed by atoms with van der Waals surface area (Å²) in [5.41, 5.74) is 2.39. The van der Waals surface area contributed by atoms with Gasteiger partial charge in [-0.25, -0.2) is 0 Å². The average molecular weight is 220 g/mol. The van der Waals surface area contributed by atoms with Crippen molar-refractivity contribution >= 4 is 5.97 Å². The van der Waals surface area contributed by atoms with E-state index in [0.29, 0.717) is 6.54 Å². The Balaban J connectivity index is 1.99. The number of carboxylic acids is 1. The summed E-state index contributed by atoms with van der Waals surface area (Å²) in [6.07, 6.45) is 5.24. The van der Waals surface area contributed by atoms with E-state index in [-0.39, 0.29) is 12.5 Å². The number of carbonyl (C=O) groups is 1. The van der Waals surface area contributed by atoms with Gasteiger partial charge in [0.15, 0.2) is 0 Å². The smallest absolute Gasteiger partial charge is 0.304 e. The minimum absolute atomic E-state index is 0.165. The van der Waals surface area contributed by atoms with Gasteiger partial charge in [-0.15, -0.1) is 0 Å². The van der Waals surface area contributed by atoms with E-state index in [1.165, 1.54) is 5.56 Å². The standard InChI is InChI=1S/C12H16N2O2/c15-11(16)6-8-13-10-5-1-3-9-4-2-7-14-12(9)10/h2,4,7,10,13H,1,3,5-6,8H2,(H,15,16). The zero-order valence-corrected chi connectivity index (χ0v) is 9.15. The van der Waals surface area contributed by atoms with Gasteiger partial charge in [0, 0.05) is 18.8 Å². The summed E-state index contributed by atoms with van der Waals surface area (Å²) in [5, 5.41) is 11.8. The summed E-state index contributed by atoms with van der Waals surface area (Å²) in [4.78, 5) is 14.8. The number of rotatable bonds is 4. The Hall–Kier alpha value is -1.42. The molecule has 0 aromatic carbocycles. The highest BCUT2D eigenvalue weighted by atomic mass is 16.4. The van der Waals surface area contributed by atoms with E-state index in [1.807, 2.05) is 6.07 Å². The predicted octanol–water partition coefficient (Wildman–Crippen LogP) is 1.52. The fraction of sp³-hybridized carbons (Fsp3) is 0.500. The first-order valence-electron chi connectivity index (χ1n) is 5.66. The molecule has 86 valence electrons. The second-order valence-corrected chi connectivity index (χ2v) is 4.09. The molecule has 2 N–H and O–H groups in total. The molecular weight excluding hydrogens is 204 g/mol. The maximum absolute atomic E-state index is 10.4. The fourth-order valence-corrected chi connectivity index (χ4v) is 2.16. The van der Waals surface area contributed by atoms with Crippen molar-refractivity contribution in [2.75, 3.05) is 6.54 Å². The van der Waals surface area contributed by atoms with Gasteiger partial charge in [-0.3, -0.25) is 9.78 Å². The van der Waals surface area contributed by atoms with Crippen LogP contribution in [0.1, 0.15) is 36.6 Å². The van der Waals surface area contributed by atoms with E-state index in [9.17, 15) is 4.79 Å². The first-order chi connectivity index (χ1) is 7.77. The van der Waals surface area contributed by atoms with Crippen LogP contribution < -0.4 is 5.32 Å². The van der Waals surface area contributed by atoms with Crippen molar-refractivity contribution in [3.05, 3.63) is 29.6 Å². The number of hydrogen-bond acceptors (Lipinski definition) is 3. The Morgan fingerprint density at radius 3 is 3.31 bits per heavy atom. The maximum atomic E-state index is 10.4. The number of pyridine rings is 1. The van der Waals surface area contributed by atoms with Crippen molar-refractivity contribution in [1.82, 2.24) is 10.3 Å². The molecule has 4 nitrogen and oxygen atoms in total. The first-order valence-corrected chi connectivity index (χ1v) is 5.66. The summed E-state index contributed by atoms with van der Waals surface area (Å²) in [5.74, 6) is -0.760. The van der Waals surface area contributed by atoms with Crippen LogP contribution >= 0.6 is 0 Å². The third-order valence-electron chi connectivity index (χ3n) is 2.92. The van der Waals surface area contributed by atoms with Gasteiger partial charge in [-0.05, 0) is 30.9 Å². The van der Waals surface area contributed by atoms with E-state index in [4.69, 9.17) is 5.11 Å². The normalized spacial score (nSPS) is 19.1. The fourth-order valence-electron chi connectivity index (χ4n) is 2.16. The van der Waals surface area contributed by atoms with Gasteiger partial charge in [0.25, 0.3) is 0 Å². The molecule has 1 heterocycles. The lowest BCUT2D eigenvalue weighted by molar-refractivity contribution is -0.136. The van der Waals surface area contributed by atoms with Crippen LogP contribution in [-0.2, 0) is 11.2 Å². The molecule has 0 radical (unpaired) electrons. The van der Waals surface area contributed by atoms with Crippen LogP contribution in [0.3, 0.4) is 0 Å². The average Bonchev–Trinajstić information content (AvgIpc) is 2.29. The number of nitrogens with one attached hydrogen (secondary N) is 1. The van der Waals surface area contributed by atoms with Crippen LogP contribution in [0.25, 0.3) is 0 Å². The van der Waals surface area contributed by atoms with E-state index in [2.05, 4.69) is 16.4 Å². The topological polar surface area (TPSA) is 62.2 Å². The molecule has 0 saturated heterocycles. The summed E-state index contributed by atoms with van der Waals surface area (Å²) in [7, 11) is 0. The molecule has 1 aromatic heterocycles. The molecule has 1 aliphatic carbocycles. The van der Waals surface area contributed by atoms with Gasteiger partial charge in [-0.1, -0.05) is 6.07 Å². The Morgan fingerprint density at radius 1 is 1.62 bits per heavy atom. The van der Waals surface area contributed by atoms with Crippen LogP contribution in [0, 0.1) is 0 Å². The van der Waals surface area contributed by atoms with Crippen molar-refractivity contribution < 1.29 is 9.90 Å². The number of aromatic nitrogens is 1. The zero-order chi connectivity index (χ0) is 11.4. The number of aryl methyl sites for hydroxylation is 1. The van der Waals surface area contributed by atoms with Crippen molar-refractivity contribution in [3.63, 3.8) is 0 Å². The quantitative estimate of drug-likeness (QED) is 0.807. The molecule has 0 amide bonds. The predicted molar refractivity (Wildman–Crippen MR) is 60.2 cm³/mol. The molecule has 1 aliphatic rings. The molecular formula is C12H16N2O2. The zero-order valence-electron chi connectivity index (χ0n) is 9.15. The Labute approximate surface area is 94.7 Å². The molecule has 1 aromatic rings. The highest BCUT2D eigenvalue weighted by molar-refractivity contribution is 5.66. The molecule has 0 bridgehead atoms. The summed E-state index contributed by atoms with van der Waals surface area (Å²) in [6.45, 7) is 0.510. The van der Waals surface area contributed by atoms with E-state index < -0.39 is 5.97 Å². The van der Waals surface area contributed by atoms with Crippen LogP contribution in [0.15, 0.2) is 18.3 Å². The highest BCUT2D eigenvalue weighted by Crippen LogP contribution is 2.27. The molecule has 0 spiro atoms. The molecule has 0 saturated carbocycles. The molecule has 0 aliphatic heterocycles. The number of carboxylic acid groups (broad SMARTS) is 1. The lowest BCUT2D eigenvalue weighted by atomic mass is 9.92. The lowest BCUT2D eigenvalue weighted by Gasteiger charge is -2.24. The maximum Gasteiger partial charge on any atom is 0.304 e. The van der Waals surface area contributed by atoms with Gasteiger partial charge >= 0.3 is 5.97 Å². The van der Waals surface area contributed by atoms with E-state index >= 15 is 0 Å². The summed E-state index contributed by atoms with van der Waals surface area (Å²) >= 11 is 0.